The van der Waals surface area contributed by atoms with E-state index >= 15 is 0 Å². The van der Waals surface area contributed by atoms with Crippen LogP contribution in [0.2, 0.25) is 0 Å². The van der Waals surface area contributed by atoms with Gasteiger partial charge in [-0.3, -0.25) is 9.48 Å². The zero-order valence-corrected chi connectivity index (χ0v) is 13.4. The maximum atomic E-state index is 12.1. The lowest BCUT2D eigenvalue weighted by atomic mass is 9.94. The normalized spacial score (nSPS) is 13.7. The Morgan fingerprint density at radius 2 is 2.32 bits per heavy atom. The first-order valence-electron chi connectivity index (χ1n) is 6.53. The van der Waals surface area contributed by atoms with Crippen molar-refractivity contribution < 1.29 is 9.90 Å². The predicted molar refractivity (Wildman–Crippen MR) is 85.0 cm³/mol. The molecule has 0 aliphatic rings. The Morgan fingerprint density at radius 1 is 1.45 bits per heavy atom. The van der Waals surface area contributed by atoms with E-state index in [1.165, 1.54) is 33.6 Å². The third kappa shape index (κ3) is 2.80. The smallest absolute Gasteiger partial charge is 0.273 e. The lowest BCUT2D eigenvalue weighted by Crippen LogP contribution is -2.41. The van der Waals surface area contributed by atoms with Crippen molar-refractivity contribution >= 4 is 28.6 Å². The van der Waals surface area contributed by atoms with Gasteiger partial charge in [0.05, 0.1) is 12.7 Å². The first-order valence-corrected chi connectivity index (χ1v) is 8.35. The SMILES string of the molecule is Cn1cc(C(=O)NC[C@@](O)(c2ccsc2)c2cccs2)nn1. The molecule has 0 saturated heterocycles. The summed E-state index contributed by atoms with van der Waals surface area (Å²) < 4.78 is 1.46. The minimum atomic E-state index is -1.24. The van der Waals surface area contributed by atoms with Gasteiger partial charge in [-0.25, -0.2) is 0 Å². The van der Waals surface area contributed by atoms with Crippen LogP contribution in [0.3, 0.4) is 0 Å². The van der Waals surface area contributed by atoms with E-state index in [1.807, 2.05) is 34.3 Å². The second-order valence-corrected chi connectivity index (χ2v) is 6.54. The van der Waals surface area contributed by atoms with Crippen LogP contribution in [0, 0.1) is 0 Å². The van der Waals surface area contributed by atoms with Crippen LogP contribution in [0.15, 0.2) is 40.5 Å². The summed E-state index contributed by atoms with van der Waals surface area (Å²) in [6.45, 7) is 0.0691. The van der Waals surface area contributed by atoms with Crippen LogP contribution in [-0.4, -0.2) is 32.6 Å². The summed E-state index contributed by atoms with van der Waals surface area (Å²) in [6.07, 6.45) is 1.53. The third-order valence-corrected chi connectivity index (χ3v) is 4.97. The number of carbonyl (C=O) groups is 1. The van der Waals surface area contributed by atoms with Gasteiger partial charge in [-0.2, -0.15) is 11.3 Å². The Balaban J connectivity index is 1.81. The molecule has 6 nitrogen and oxygen atoms in total. The number of hydrogen-bond donors (Lipinski definition) is 2. The number of rotatable bonds is 5. The molecule has 114 valence electrons. The standard InChI is InChI=1S/C14H14N4O2S2/c1-18-7-11(16-17-18)13(19)15-9-14(20,10-4-6-21-8-10)12-3-2-5-22-12/h2-8,20H,9H2,1H3,(H,15,19)/t14-/m1/s1. The molecular weight excluding hydrogens is 320 g/mol. The van der Waals surface area contributed by atoms with Crippen LogP contribution in [0.1, 0.15) is 20.9 Å². The van der Waals surface area contributed by atoms with Gasteiger partial charge in [-0.05, 0) is 28.3 Å². The Bertz CT molecular complexity index is 716. The van der Waals surface area contributed by atoms with Crippen molar-refractivity contribution in [3.05, 3.63) is 56.7 Å². The molecule has 0 radical (unpaired) electrons. The second kappa shape index (κ2) is 5.99. The van der Waals surface area contributed by atoms with E-state index < -0.39 is 5.60 Å². The van der Waals surface area contributed by atoms with Crippen molar-refractivity contribution in [2.45, 2.75) is 5.60 Å². The first kappa shape index (κ1) is 14.9. The first-order chi connectivity index (χ1) is 10.6. The monoisotopic (exact) mass is 334 g/mol. The van der Waals surface area contributed by atoms with Crippen LogP contribution < -0.4 is 5.32 Å². The largest absolute Gasteiger partial charge is 0.378 e. The Kier molecular flexibility index (Phi) is 4.06. The summed E-state index contributed by atoms with van der Waals surface area (Å²) in [7, 11) is 1.69. The summed E-state index contributed by atoms with van der Waals surface area (Å²) in [4.78, 5) is 12.9. The lowest BCUT2D eigenvalue weighted by molar-refractivity contribution is 0.0718. The summed E-state index contributed by atoms with van der Waals surface area (Å²) in [5.74, 6) is -0.363. The molecule has 0 aromatic carbocycles. The molecule has 3 aromatic heterocycles. The number of thiophene rings is 2. The van der Waals surface area contributed by atoms with Crippen LogP contribution in [0.5, 0.6) is 0 Å². The average molecular weight is 334 g/mol. The molecule has 3 heterocycles. The van der Waals surface area contributed by atoms with E-state index in [1.54, 1.807) is 7.05 Å². The molecular formula is C14H14N4O2S2. The predicted octanol–water partition coefficient (Wildman–Crippen LogP) is 1.60. The molecule has 2 N–H and O–H groups in total. The fourth-order valence-electron chi connectivity index (χ4n) is 2.10. The molecule has 0 bridgehead atoms. The van der Waals surface area contributed by atoms with Crippen molar-refractivity contribution in [2.75, 3.05) is 6.54 Å². The van der Waals surface area contributed by atoms with Crippen LogP contribution in [-0.2, 0) is 12.6 Å². The number of aryl methyl sites for hydroxylation is 1. The van der Waals surface area contributed by atoms with Crippen molar-refractivity contribution in [3.8, 4) is 0 Å². The Labute approximate surface area is 135 Å². The number of aliphatic hydroxyl groups is 1. The van der Waals surface area contributed by atoms with Gasteiger partial charge in [-0.1, -0.05) is 11.3 Å². The van der Waals surface area contributed by atoms with Gasteiger partial charge in [0.15, 0.2) is 5.69 Å². The van der Waals surface area contributed by atoms with Crippen molar-refractivity contribution in [2.24, 2.45) is 7.05 Å². The van der Waals surface area contributed by atoms with Crippen LogP contribution >= 0.6 is 22.7 Å². The van der Waals surface area contributed by atoms with Crippen molar-refractivity contribution in [3.63, 3.8) is 0 Å². The fraction of sp³-hybridized carbons (Fsp3) is 0.214. The highest BCUT2D eigenvalue weighted by atomic mass is 32.1. The van der Waals surface area contributed by atoms with Gasteiger partial charge in [0, 0.05) is 17.5 Å². The van der Waals surface area contributed by atoms with Gasteiger partial charge in [0.1, 0.15) is 5.60 Å². The van der Waals surface area contributed by atoms with E-state index in [0.29, 0.717) is 0 Å². The molecule has 1 atom stereocenters. The topological polar surface area (TPSA) is 80.0 Å². The van der Waals surface area contributed by atoms with Crippen molar-refractivity contribution in [1.29, 1.82) is 0 Å². The zero-order chi connectivity index (χ0) is 15.6. The van der Waals surface area contributed by atoms with E-state index in [9.17, 15) is 9.90 Å². The summed E-state index contributed by atoms with van der Waals surface area (Å²) in [5.41, 5.74) is -0.257. The number of hydrogen-bond acceptors (Lipinski definition) is 6. The van der Waals surface area contributed by atoms with Crippen molar-refractivity contribution in [1.82, 2.24) is 20.3 Å². The van der Waals surface area contributed by atoms with E-state index in [4.69, 9.17) is 0 Å². The van der Waals surface area contributed by atoms with E-state index in [2.05, 4.69) is 15.6 Å². The van der Waals surface area contributed by atoms with Gasteiger partial charge in [0.25, 0.3) is 5.91 Å². The fourth-order valence-corrected chi connectivity index (χ4v) is 3.67. The number of nitrogens with zero attached hydrogens (tertiary/aromatic N) is 3. The van der Waals surface area contributed by atoms with Gasteiger partial charge < -0.3 is 10.4 Å². The molecule has 0 spiro atoms. The molecule has 0 fully saturated rings. The second-order valence-electron chi connectivity index (χ2n) is 4.81. The molecule has 3 aromatic rings. The molecule has 1 amide bonds. The molecule has 22 heavy (non-hydrogen) atoms. The molecule has 0 unspecified atom stereocenters. The number of amides is 1. The number of aromatic nitrogens is 3. The number of nitrogens with one attached hydrogen (secondary N) is 1. The maximum Gasteiger partial charge on any atom is 0.273 e. The lowest BCUT2D eigenvalue weighted by Gasteiger charge is -2.26. The van der Waals surface area contributed by atoms with E-state index in [0.717, 1.165) is 10.4 Å². The minimum Gasteiger partial charge on any atom is -0.378 e. The molecule has 0 saturated carbocycles. The average Bonchev–Trinajstić information content (AvgIpc) is 3.24. The quantitative estimate of drug-likeness (QED) is 0.743. The summed E-state index contributed by atoms with van der Waals surface area (Å²) in [5, 5.41) is 27.0. The van der Waals surface area contributed by atoms with E-state index in [-0.39, 0.29) is 18.1 Å². The van der Waals surface area contributed by atoms with Crippen LogP contribution in [0.4, 0.5) is 0 Å². The van der Waals surface area contributed by atoms with Gasteiger partial charge >= 0.3 is 0 Å². The Morgan fingerprint density at radius 3 is 2.91 bits per heavy atom. The highest BCUT2D eigenvalue weighted by molar-refractivity contribution is 7.10. The molecule has 8 heteroatoms. The number of carbonyl (C=O) groups excluding carboxylic acids is 1. The maximum absolute atomic E-state index is 12.1. The summed E-state index contributed by atoms with van der Waals surface area (Å²) >= 11 is 2.95. The zero-order valence-electron chi connectivity index (χ0n) is 11.8. The highest BCUT2D eigenvalue weighted by Gasteiger charge is 2.33. The molecule has 3 rings (SSSR count). The Hall–Kier alpha value is -2.03. The third-order valence-electron chi connectivity index (χ3n) is 3.27. The van der Waals surface area contributed by atoms with Gasteiger partial charge in [-0.15, -0.1) is 16.4 Å². The highest BCUT2D eigenvalue weighted by Crippen LogP contribution is 2.33. The van der Waals surface area contributed by atoms with Crippen LogP contribution in [0.25, 0.3) is 0 Å². The summed E-state index contributed by atoms with van der Waals surface area (Å²) in [6, 6.07) is 5.59. The van der Waals surface area contributed by atoms with Gasteiger partial charge in [0.2, 0.25) is 0 Å². The minimum absolute atomic E-state index is 0.0691. The molecule has 0 aliphatic carbocycles. The molecule has 0 aliphatic heterocycles.